The second-order valence-corrected chi connectivity index (χ2v) is 11.6. The lowest BCUT2D eigenvalue weighted by Crippen LogP contribution is -2.44. The Bertz CT molecular complexity index is 2260. The maximum Gasteiger partial charge on any atom is 0.412 e. The molecule has 2 heterocycles. The molecular formula is C38H32FN5O8. The number of halogens is 1. The van der Waals surface area contributed by atoms with Gasteiger partial charge in [-0.25, -0.2) is 23.9 Å². The zero-order chi connectivity index (χ0) is 36.6. The van der Waals surface area contributed by atoms with E-state index in [1.165, 1.54) is 43.5 Å². The fourth-order valence-corrected chi connectivity index (χ4v) is 5.41. The van der Waals surface area contributed by atoms with E-state index in [4.69, 9.17) is 13.9 Å². The van der Waals surface area contributed by atoms with Crippen LogP contribution in [-0.2, 0) is 33.8 Å². The molecule has 0 aliphatic carbocycles. The number of aliphatic hydroxyl groups excluding tert-OH is 1. The third-order valence-electron chi connectivity index (χ3n) is 8.01. The molecule has 6 aromatic rings. The number of nitrogens with one attached hydrogen (secondary N) is 2. The molecule has 0 bridgehead atoms. The van der Waals surface area contributed by atoms with E-state index in [-0.39, 0.29) is 41.6 Å². The second-order valence-electron chi connectivity index (χ2n) is 11.6. The molecule has 0 saturated heterocycles. The van der Waals surface area contributed by atoms with Gasteiger partial charge in [0.2, 0.25) is 11.8 Å². The van der Waals surface area contributed by atoms with E-state index >= 15 is 0 Å². The predicted octanol–water partition coefficient (Wildman–Crippen LogP) is 5.19. The number of aromatic nitrogens is 3. The Balaban J connectivity index is 1.28. The molecule has 14 heteroatoms. The molecule has 0 aliphatic rings. The number of nitrogens with zero attached hydrogens (tertiary/aromatic N) is 3. The van der Waals surface area contributed by atoms with Gasteiger partial charge in [0.1, 0.15) is 36.0 Å². The molecule has 2 aromatic heterocycles. The van der Waals surface area contributed by atoms with Crippen LogP contribution in [0.2, 0.25) is 0 Å². The van der Waals surface area contributed by atoms with E-state index in [0.717, 1.165) is 21.9 Å². The molecule has 4 aromatic carbocycles. The number of aliphatic hydroxyl groups is 1. The van der Waals surface area contributed by atoms with Crippen LogP contribution < -0.4 is 16.2 Å². The van der Waals surface area contributed by atoms with Gasteiger partial charge in [-0.2, -0.15) is 0 Å². The molecular weight excluding hydrogens is 673 g/mol. The summed E-state index contributed by atoms with van der Waals surface area (Å²) < 4.78 is 30.7. The zero-order valence-corrected chi connectivity index (χ0v) is 27.7. The minimum Gasteiger partial charge on any atom is -0.465 e. The monoisotopic (exact) mass is 705 g/mol. The number of fused-ring (bicyclic) bond motifs is 1. The van der Waals surface area contributed by atoms with Gasteiger partial charge in [-0.15, -0.1) is 0 Å². The van der Waals surface area contributed by atoms with Gasteiger partial charge < -0.3 is 24.3 Å². The molecule has 2 amide bonds. The number of hydrogen-bond donors (Lipinski definition) is 3. The van der Waals surface area contributed by atoms with E-state index in [1.54, 1.807) is 42.5 Å². The van der Waals surface area contributed by atoms with Crippen molar-refractivity contribution in [2.45, 2.75) is 31.7 Å². The highest BCUT2D eigenvalue weighted by molar-refractivity contribution is 5.93. The number of ether oxygens (including phenoxy) is 2. The fraction of sp³-hybridized carbons (Fsp3) is 0.158. The first-order valence-corrected chi connectivity index (χ1v) is 16.0. The molecule has 0 fully saturated rings. The minimum absolute atomic E-state index is 0.0175. The van der Waals surface area contributed by atoms with E-state index in [1.807, 2.05) is 24.3 Å². The van der Waals surface area contributed by atoms with Crippen molar-refractivity contribution in [1.82, 2.24) is 19.9 Å². The summed E-state index contributed by atoms with van der Waals surface area (Å²) >= 11 is 0. The van der Waals surface area contributed by atoms with Crippen LogP contribution in [0.3, 0.4) is 0 Å². The number of esters is 1. The Morgan fingerprint density at radius 2 is 1.63 bits per heavy atom. The Morgan fingerprint density at radius 3 is 2.33 bits per heavy atom. The molecule has 3 N–H and O–H groups in total. The number of amides is 2. The maximum absolute atomic E-state index is 13.8. The second kappa shape index (κ2) is 15.9. The summed E-state index contributed by atoms with van der Waals surface area (Å²) in [4.78, 5) is 60.9. The fourth-order valence-electron chi connectivity index (χ4n) is 5.41. The quantitative estimate of drug-likeness (QED) is 0.144. The lowest BCUT2D eigenvalue weighted by atomic mass is 10.0. The van der Waals surface area contributed by atoms with Crippen molar-refractivity contribution in [3.8, 4) is 11.4 Å². The Labute approximate surface area is 295 Å². The molecule has 2 atom stereocenters. The summed E-state index contributed by atoms with van der Waals surface area (Å²) in [6.45, 7) is -0.663. The number of oxazole rings is 1. The number of carbonyl (C=O) groups excluding carboxylic acids is 3. The maximum atomic E-state index is 13.8. The lowest BCUT2D eigenvalue weighted by molar-refractivity contribution is -0.123. The average Bonchev–Trinajstić information content (AvgIpc) is 3.60. The van der Waals surface area contributed by atoms with Crippen molar-refractivity contribution in [2.75, 3.05) is 12.4 Å². The summed E-state index contributed by atoms with van der Waals surface area (Å²) in [5, 5.41) is 16.7. The molecule has 2 unspecified atom stereocenters. The third-order valence-corrected chi connectivity index (χ3v) is 8.01. The van der Waals surface area contributed by atoms with Crippen LogP contribution in [0.4, 0.5) is 14.9 Å². The highest BCUT2D eigenvalue weighted by atomic mass is 19.1. The minimum atomic E-state index is -1.48. The third kappa shape index (κ3) is 8.37. The van der Waals surface area contributed by atoms with Gasteiger partial charge in [-0.1, -0.05) is 60.7 Å². The first-order chi connectivity index (χ1) is 25.2. The number of methoxy groups -OCH3 is 1. The highest BCUT2D eigenvalue weighted by Crippen LogP contribution is 2.26. The van der Waals surface area contributed by atoms with Crippen LogP contribution >= 0.6 is 0 Å². The number of carbonyl (C=O) groups is 3. The average molecular weight is 706 g/mol. The Morgan fingerprint density at radius 1 is 0.942 bits per heavy atom. The van der Waals surface area contributed by atoms with Crippen molar-refractivity contribution >= 4 is 34.8 Å². The highest BCUT2D eigenvalue weighted by Gasteiger charge is 2.29. The molecule has 0 radical (unpaired) electrons. The van der Waals surface area contributed by atoms with Crippen LogP contribution in [0.1, 0.15) is 33.5 Å². The summed E-state index contributed by atoms with van der Waals surface area (Å²) in [5.74, 6) is -1.91. The van der Waals surface area contributed by atoms with E-state index in [0.29, 0.717) is 11.1 Å². The normalized spacial score (nSPS) is 12.1. The van der Waals surface area contributed by atoms with Gasteiger partial charge in [0.25, 0.3) is 5.56 Å². The van der Waals surface area contributed by atoms with Gasteiger partial charge in [0.05, 0.1) is 24.9 Å². The van der Waals surface area contributed by atoms with Gasteiger partial charge in [0.15, 0.2) is 11.7 Å². The molecule has 0 saturated carbocycles. The molecule has 264 valence electrons. The smallest absolute Gasteiger partial charge is 0.412 e. The van der Waals surface area contributed by atoms with Crippen molar-refractivity contribution in [2.24, 2.45) is 0 Å². The molecule has 0 aliphatic heterocycles. The molecule has 52 heavy (non-hydrogen) atoms. The summed E-state index contributed by atoms with van der Waals surface area (Å²) in [6.07, 6.45) is -1.14. The van der Waals surface area contributed by atoms with E-state index in [2.05, 4.69) is 20.6 Å². The lowest BCUT2D eigenvalue weighted by Gasteiger charge is -2.23. The summed E-state index contributed by atoms with van der Waals surface area (Å²) in [5.41, 5.74) is 1.56. The van der Waals surface area contributed by atoms with Crippen molar-refractivity contribution < 1.29 is 37.8 Å². The Hall–Kier alpha value is -6.67. The first kappa shape index (κ1) is 35.2. The number of benzene rings is 4. The van der Waals surface area contributed by atoms with Crippen LogP contribution in [0.15, 0.2) is 119 Å². The van der Waals surface area contributed by atoms with Crippen LogP contribution in [0.25, 0.3) is 22.5 Å². The predicted molar refractivity (Wildman–Crippen MR) is 187 cm³/mol. The van der Waals surface area contributed by atoms with Gasteiger partial charge in [0, 0.05) is 5.56 Å². The summed E-state index contributed by atoms with van der Waals surface area (Å²) in [6, 6.07) is 26.6. The number of anilines is 1. The van der Waals surface area contributed by atoms with Gasteiger partial charge in [-0.3, -0.25) is 19.5 Å². The largest absolute Gasteiger partial charge is 0.465 e. The topological polar surface area (TPSA) is 175 Å². The van der Waals surface area contributed by atoms with Crippen molar-refractivity contribution in [3.05, 3.63) is 148 Å². The van der Waals surface area contributed by atoms with Gasteiger partial charge >= 0.3 is 12.1 Å². The van der Waals surface area contributed by atoms with Gasteiger partial charge in [-0.05, 0) is 60.0 Å². The van der Waals surface area contributed by atoms with Crippen LogP contribution in [-0.4, -0.2) is 50.8 Å². The van der Waals surface area contributed by atoms with E-state index < -0.39 is 48.0 Å². The first-order valence-electron chi connectivity index (χ1n) is 16.0. The SMILES string of the molecule is COC(=O)c1ccc2nc(C(O)C(Cc3ccccc3)NC(=O)Cn3c(-c4ccc(F)cc4)ncc(NC(=O)OCc4ccccc4)c3=O)oc2c1. The van der Waals surface area contributed by atoms with Crippen LogP contribution in [0, 0.1) is 5.82 Å². The van der Waals surface area contributed by atoms with Crippen LogP contribution in [0.5, 0.6) is 0 Å². The zero-order valence-electron chi connectivity index (χ0n) is 27.7. The standard InChI is InChI=1S/C38H32FN5O8/c1-50-37(48)26-14-17-28-31(19-26)52-35(42-28)33(46)29(18-23-8-4-2-5-9-23)41-32(45)21-44-34(25-12-15-27(39)16-13-25)40-20-30(36(44)47)43-38(49)51-22-24-10-6-3-7-11-24/h2-17,19-20,29,33,46H,18,21-22H2,1H3,(H,41,45)(H,43,49). The summed E-state index contributed by atoms with van der Waals surface area (Å²) in [7, 11) is 1.25. The molecule has 0 spiro atoms. The molecule has 13 nitrogen and oxygen atoms in total. The van der Waals surface area contributed by atoms with E-state index in [9.17, 15) is 28.7 Å². The molecule has 6 rings (SSSR count). The Kier molecular flexibility index (Phi) is 10.8. The van der Waals surface area contributed by atoms with Crippen molar-refractivity contribution in [1.29, 1.82) is 0 Å². The number of hydrogen-bond acceptors (Lipinski definition) is 10. The number of rotatable bonds is 12. The van der Waals surface area contributed by atoms with Crippen molar-refractivity contribution in [3.63, 3.8) is 0 Å².